The summed E-state index contributed by atoms with van der Waals surface area (Å²) in [6.45, 7) is 0. The topological polar surface area (TPSA) is 54.7 Å². The van der Waals surface area contributed by atoms with Crippen molar-refractivity contribution in [1.82, 2.24) is 9.97 Å². The van der Waals surface area contributed by atoms with E-state index >= 15 is 0 Å². The van der Waals surface area contributed by atoms with Gasteiger partial charge in [-0.1, -0.05) is 12.8 Å². The third-order valence-electron chi connectivity index (χ3n) is 2.53. The third kappa shape index (κ3) is 1.05. The Balaban J connectivity index is 2.27. The third-order valence-corrected chi connectivity index (χ3v) is 2.53. The molecule has 0 aromatic carbocycles. The second-order valence-corrected chi connectivity index (χ2v) is 3.33. The average molecular weight is 151 g/mol. The van der Waals surface area contributed by atoms with Crippen LogP contribution >= 0.6 is 0 Å². The fourth-order valence-corrected chi connectivity index (χ4v) is 1.80. The lowest BCUT2D eigenvalue weighted by atomic mass is 9.96. The van der Waals surface area contributed by atoms with Crippen LogP contribution in [0, 0.1) is 0 Å². The number of nitrogens with two attached hydrogens (primary N) is 1. The van der Waals surface area contributed by atoms with Crippen molar-refractivity contribution in [3.05, 3.63) is 18.2 Å². The number of aromatic nitrogens is 2. The number of rotatable bonds is 1. The van der Waals surface area contributed by atoms with Gasteiger partial charge in [0.1, 0.15) is 0 Å². The highest BCUT2D eigenvalue weighted by molar-refractivity contribution is 5.12. The first-order valence-electron chi connectivity index (χ1n) is 4.09. The van der Waals surface area contributed by atoms with E-state index in [9.17, 15) is 0 Å². The Morgan fingerprint density at radius 1 is 1.45 bits per heavy atom. The second-order valence-electron chi connectivity index (χ2n) is 3.33. The fraction of sp³-hybridized carbons (Fsp3) is 0.625. The maximum atomic E-state index is 6.15. The van der Waals surface area contributed by atoms with Crippen LogP contribution in [0.5, 0.6) is 0 Å². The van der Waals surface area contributed by atoms with Gasteiger partial charge in [0.25, 0.3) is 0 Å². The van der Waals surface area contributed by atoms with Crippen molar-refractivity contribution < 1.29 is 0 Å². The summed E-state index contributed by atoms with van der Waals surface area (Å²) >= 11 is 0. The van der Waals surface area contributed by atoms with Crippen molar-refractivity contribution in [2.45, 2.75) is 31.2 Å². The van der Waals surface area contributed by atoms with E-state index in [-0.39, 0.29) is 5.54 Å². The van der Waals surface area contributed by atoms with Crippen molar-refractivity contribution in [3.8, 4) is 0 Å². The van der Waals surface area contributed by atoms with Crippen LogP contribution in [0.1, 0.15) is 31.4 Å². The zero-order valence-electron chi connectivity index (χ0n) is 6.51. The minimum Gasteiger partial charge on any atom is -0.347 e. The van der Waals surface area contributed by atoms with Crippen molar-refractivity contribution in [1.29, 1.82) is 0 Å². The van der Waals surface area contributed by atoms with E-state index in [2.05, 4.69) is 9.97 Å². The Kier molecular flexibility index (Phi) is 1.46. The number of aromatic amines is 1. The second kappa shape index (κ2) is 2.34. The van der Waals surface area contributed by atoms with Crippen LogP contribution in [0.15, 0.2) is 12.5 Å². The van der Waals surface area contributed by atoms with Gasteiger partial charge in [-0.25, -0.2) is 4.98 Å². The lowest BCUT2D eigenvalue weighted by Gasteiger charge is -2.20. The van der Waals surface area contributed by atoms with E-state index in [0.717, 1.165) is 18.5 Å². The Morgan fingerprint density at radius 3 is 2.73 bits per heavy atom. The molecule has 0 aliphatic heterocycles. The summed E-state index contributed by atoms with van der Waals surface area (Å²) in [5, 5.41) is 0. The molecule has 0 atom stereocenters. The Hall–Kier alpha value is -0.830. The van der Waals surface area contributed by atoms with Crippen LogP contribution in [-0.4, -0.2) is 9.97 Å². The zero-order chi connectivity index (χ0) is 7.73. The maximum absolute atomic E-state index is 6.15. The van der Waals surface area contributed by atoms with Gasteiger partial charge < -0.3 is 10.7 Å². The molecule has 1 saturated carbocycles. The number of hydrogen-bond acceptors (Lipinski definition) is 2. The van der Waals surface area contributed by atoms with Crippen molar-refractivity contribution in [3.63, 3.8) is 0 Å². The van der Waals surface area contributed by atoms with Gasteiger partial charge in [0.2, 0.25) is 0 Å². The Labute approximate surface area is 66.0 Å². The summed E-state index contributed by atoms with van der Waals surface area (Å²) in [5.41, 5.74) is 7.15. The Bertz CT molecular complexity index is 221. The van der Waals surface area contributed by atoms with Crippen molar-refractivity contribution in [2.75, 3.05) is 0 Å². The highest BCUT2D eigenvalue weighted by Gasteiger charge is 2.32. The minimum absolute atomic E-state index is 0.101. The van der Waals surface area contributed by atoms with Crippen LogP contribution in [-0.2, 0) is 5.54 Å². The summed E-state index contributed by atoms with van der Waals surface area (Å²) in [4.78, 5) is 7.06. The van der Waals surface area contributed by atoms with Crippen molar-refractivity contribution in [2.24, 2.45) is 5.73 Å². The largest absolute Gasteiger partial charge is 0.347 e. The van der Waals surface area contributed by atoms with Crippen LogP contribution < -0.4 is 5.73 Å². The van der Waals surface area contributed by atoms with Gasteiger partial charge in [-0.3, -0.25) is 0 Å². The molecule has 3 nitrogen and oxygen atoms in total. The first-order valence-corrected chi connectivity index (χ1v) is 4.09. The van der Waals surface area contributed by atoms with E-state index in [0.29, 0.717) is 0 Å². The highest BCUT2D eigenvalue weighted by atomic mass is 14.9. The molecule has 0 unspecified atom stereocenters. The van der Waals surface area contributed by atoms with E-state index in [1.165, 1.54) is 12.8 Å². The normalized spacial score (nSPS) is 22.3. The molecule has 1 fully saturated rings. The van der Waals surface area contributed by atoms with Crippen LogP contribution in [0.2, 0.25) is 0 Å². The molecular formula is C8H13N3. The summed E-state index contributed by atoms with van der Waals surface area (Å²) in [6.07, 6.45) is 8.21. The van der Waals surface area contributed by atoms with Gasteiger partial charge in [-0.2, -0.15) is 0 Å². The summed E-state index contributed by atoms with van der Waals surface area (Å²) < 4.78 is 0. The van der Waals surface area contributed by atoms with Gasteiger partial charge in [-0.15, -0.1) is 0 Å². The van der Waals surface area contributed by atoms with E-state index in [4.69, 9.17) is 5.73 Å². The molecular weight excluding hydrogens is 138 g/mol. The molecule has 2 rings (SSSR count). The monoisotopic (exact) mass is 151 g/mol. The number of hydrogen-bond donors (Lipinski definition) is 2. The minimum atomic E-state index is -0.101. The molecule has 3 N–H and O–H groups in total. The quantitative estimate of drug-likeness (QED) is 0.632. The molecule has 0 amide bonds. The number of nitrogens with zero attached hydrogens (tertiary/aromatic N) is 1. The standard InChI is InChI=1S/C8H13N3/c9-8(3-1-2-4-8)7-5-10-6-11-7/h5-6H,1-4,9H2,(H,10,11). The van der Waals surface area contributed by atoms with Gasteiger partial charge >= 0.3 is 0 Å². The van der Waals surface area contributed by atoms with E-state index in [1.54, 1.807) is 6.33 Å². The van der Waals surface area contributed by atoms with Crippen LogP contribution in [0.25, 0.3) is 0 Å². The van der Waals surface area contributed by atoms with Gasteiger partial charge in [0, 0.05) is 6.20 Å². The first-order chi connectivity index (χ1) is 5.31. The summed E-state index contributed by atoms with van der Waals surface area (Å²) in [5.74, 6) is 0. The zero-order valence-corrected chi connectivity index (χ0v) is 6.51. The molecule has 60 valence electrons. The molecule has 1 aliphatic carbocycles. The maximum Gasteiger partial charge on any atom is 0.0922 e. The number of nitrogens with one attached hydrogen (secondary N) is 1. The Morgan fingerprint density at radius 2 is 2.18 bits per heavy atom. The van der Waals surface area contributed by atoms with Crippen LogP contribution in [0.4, 0.5) is 0 Å². The van der Waals surface area contributed by atoms with E-state index in [1.807, 2.05) is 6.20 Å². The predicted octanol–water partition coefficient (Wildman–Crippen LogP) is 1.14. The highest BCUT2D eigenvalue weighted by Crippen LogP contribution is 2.34. The molecule has 0 radical (unpaired) electrons. The SMILES string of the molecule is NC1(c2cnc[nH]2)CCCC1. The predicted molar refractivity (Wildman–Crippen MR) is 42.9 cm³/mol. The first kappa shape index (κ1) is 6.85. The number of imidazole rings is 1. The molecule has 1 aromatic rings. The van der Waals surface area contributed by atoms with Crippen LogP contribution in [0.3, 0.4) is 0 Å². The number of H-pyrrole nitrogens is 1. The molecule has 1 heterocycles. The van der Waals surface area contributed by atoms with Gasteiger partial charge in [0.15, 0.2) is 0 Å². The fourth-order valence-electron chi connectivity index (χ4n) is 1.80. The molecule has 1 aromatic heterocycles. The summed E-state index contributed by atoms with van der Waals surface area (Å²) in [7, 11) is 0. The molecule has 3 heteroatoms. The van der Waals surface area contributed by atoms with Gasteiger partial charge in [-0.05, 0) is 12.8 Å². The smallest absolute Gasteiger partial charge is 0.0922 e. The lowest BCUT2D eigenvalue weighted by molar-refractivity contribution is 0.449. The molecule has 0 spiro atoms. The lowest BCUT2D eigenvalue weighted by Crippen LogP contribution is -2.33. The van der Waals surface area contributed by atoms with Gasteiger partial charge in [0.05, 0.1) is 17.6 Å². The molecule has 1 aliphatic rings. The molecule has 0 bridgehead atoms. The summed E-state index contributed by atoms with van der Waals surface area (Å²) in [6, 6.07) is 0. The molecule has 11 heavy (non-hydrogen) atoms. The van der Waals surface area contributed by atoms with Crippen molar-refractivity contribution >= 4 is 0 Å². The molecule has 0 saturated heterocycles. The average Bonchev–Trinajstić information content (AvgIpc) is 2.55. The van der Waals surface area contributed by atoms with E-state index < -0.39 is 0 Å².